The molecule has 24 heavy (non-hydrogen) atoms. The highest BCUT2D eigenvalue weighted by Gasteiger charge is 2.28. The van der Waals surface area contributed by atoms with Gasteiger partial charge in [0.1, 0.15) is 5.82 Å². The third-order valence-corrected chi connectivity index (χ3v) is 5.08. The fourth-order valence-corrected chi connectivity index (χ4v) is 3.64. The molecule has 2 heterocycles. The number of rotatable bonds is 5. The largest absolute Gasteiger partial charge is 0.391 e. The Kier molecular flexibility index (Phi) is 5.81. The van der Waals surface area contributed by atoms with Crippen molar-refractivity contribution in [3.05, 3.63) is 53.6 Å². The SMILES string of the molecule is CCSc1ncc(CN2CC[C@H](c3ccc(F)cc3)[C@@H](O)C2)cn1. The maximum atomic E-state index is 13.0. The molecule has 2 atom stereocenters. The highest BCUT2D eigenvalue weighted by molar-refractivity contribution is 7.99. The van der Waals surface area contributed by atoms with Gasteiger partial charge < -0.3 is 5.11 Å². The van der Waals surface area contributed by atoms with Gasteiger partial charge >= 0.3 is 0 Å². The van der Waals surface area contributed by atoms with E-state index in [0.717, 1.165) is 41.5 Å². The molecule has 4 nitrogen and oxygen atoms in total. The Morgan fingerprint density at radius 2 is 1.96 bits per heavy atom. The van der Waals surface area contributed by atoms with Crippen molar-refractivity contribution >= 4 is 11.8 Å². The number of nitrogens with zero attached hydrogens (tertiary/aromatic N) is 3. The second-order valence-corrected chi connectivity index (χ2v) is 7.29. The number of halogens is 1. The molecule has 0 spiro atoms. The van der Waals surface area contributed by atoms with Crippen LogP contribution in [0.4, 0.5) is 4.39 Å². The number of thioether (sulfide) groups is 1. The van der Waals surface area contributed by atoms with Crippen LogP contribution in [0.15, 0.2) is 41.8 Å². The van der Waals surface area contributed by atoms with Gasteiger partial charge in [0.05, 0.1) is 6.10 Å². The number of piperidine rings is 1. The summed E-state index contributed by atoms with van der Waals surface area (Å²) in [4.78, 5) is 10.9. The number of aliphatic hydroxyl groups is 1. The molecule has 1 fully saturated rings. The predicted octanol–water partition coefficient (Wildman–Crippen LogP) is 3.08. The van der Waals surface area contributed by atoms with Crippen molar-refractivity contribution in [2.24, 2.45) is 0 Å². The minimum atomic E-state index is -0.444. The van der Waals surface area contributed by atoms with Gasteiger partial charge in [-0.2, -0.15) is 0 Å². The normalized spacial score (nSPS) is 21.8. The molecule has 6 heteroatoms. The Balaban J connectivity index is 1.58. The summed E-state index contributed by atoms with van der Waals surface area (Å²) in [5, 5.41) is 11.3. The van der Waals surface area contributed by atoms with Crippen LogP contribution in [0, 0.1) is 5.82 Å². The lowest BCUT2D eigenvalue weighted by atomic mass is 9.87. The molecule has 1 N–H and O–H groups in total. The van der Waals surface area contributed by atoms with E-state index < -0.39 is 6.10 Å². The van der Waals surface area contributed by atoms with Crippen molar-refractivity contribution in [2.75, 3.05) is 18.8 Å². The van der Waals surface area contributed by atoms with Crippen LogP contribution in [-0.4, -0.2) is 44.9 Å². The van der Waals surface area contributed by atoms with Crippen molar-refractivity contribution < 1.29 is 9.50 Å². The average molecular weight is 347 g/mol. The van der Waals surface area contributed by atoms with Gasteiger partial charge in [-0.1, -0.05) is 30.8 Å². The van der Waals surface area contributed by atoms with Crippen LogP contribution in [0.1, 0.15) is 30.4 Å². The van der Waals surface area contributed by atoms with Gasteiger partial charge in [-0.3, -0.25) is 4.90 Å². The summed E-state index contributed by atoms with van der Waals surface area (Å²) < 4.78 is 13.0. The van der Waals surface area contributed by atoms with Crippen molar-refractivity contribution in [2.45, 2.75) is 37.1 Å². The van der Waals surface area contributed by atoms with Crippen LogP contribution in [0.5, 0.6) is 0 Å². The van der Waals surface area contributed by atoms with Gasteiger partial charge in [0.2, 0.25) is 0 Å². The molecule has 1 saturated heterocycles. The van der Waals surface area contributed by atoms with Crippen LogP contribution in [0.25, 0.3) is 0 Å². The van der Waals surface area contributed by atoms with E-state index in [4.69, 9.17) is 0 Å². The molecule has 2 aromatic rings. The molecule has 0 saturated carbocycles. The molecule has 0 radical (unpaired) electrons. The first kappa shape index (κ1) is 17.3. The molecule has 1 aliphatic rings. The van der Waals surface area contributed by atoms with Crippen molar-refractivity contribution in [1.82, 2.24) is 14.9 Å². The van der Waals surface area contributed by atoms with Crippen molar-refractivity contribution in [3.63, 3.8) is 0 Å². The first-order chi connectivity index (χ1) is 11.7. The number of hydrogen-bond acceptors (Lipinski definition) is 5. The monoisotopic (exact) mass is 347 g/mol. The van der Waals surface area contributed by atoms with Gasteiger partial charge in [-0.05, 0) is 36.4 Å². The summed E-state index contributed by atoms with van der Waals surface area (Å²) in [6, 6.07) is 6.47. The minimum absolute atomic E-state index is 0.0708. The molecule has 0 aliphatic carbocycles. The van der Waals surface area contributed by atoms with Crippen LogP contribution in [0.3, 0.4) is 0 Å². The topological polar surface area (TPSA) is 49.2 Å². The average Bonchev–Trinajstić information content (AvgIpc) is 2.58. The van der Waals surface area contributed by atoms with E-state index in [1.165, 1.54) is 12.1 Å². The number of likely N-dealkylation sites (tertiary alicyclic amines) is 1. The van der Waals surface area contributed by atoms with Crippen molar-refractivity contribution in [3.8, 4) is 0 Å². The van der Waals surface area contributed by atoms with Crippen LogP contribution in [-0.2, 0) is 6.54 Å². The molecule has 1 aliphatic heterocycles. The molecule has 0 unspecified atom stereocenters. The van der Waals surface area contributed by atoms with Gasteiger partial charge in [0.15, 0.2) is 5.16 Å². The summed E-state index contributed by atoms with van der Waals surface area (Å²) in [6.45, 7) is 4.32. The third-order valence-electron chi connectivity index (χ3n) is 4.33. The smallest absolute Gasteiger partial charge is 0.187 e. The van der Waals surface area contributed by atoms with Crippen LogP contribution in [0.2, 0.25) is 0 Å². The van der Waals surface area contributed by atoms with Gasteiger partial charge in [-0.25, -0.2) is 14.4 Å². The van der Waals surface area contributed by atoms with E-state index in [1.807, 2.05) is 12.4 Å². The quantitative estimate of drug-likeness (QED) is 0.665. The second kappa shape index (κ2) is 8.05. The zero-order valence-corrected chi connectivity index (χ0v) is 14.5. The summed E-state index contributed by atoms with van der Waals surface area (Å²) in [5.41, 5.74) is 2.07. The van der Waals surface area contributed by atoms with Gasteiger partial charge in [0.25, 0.3) is 0 Å². The summed E-state index contributed by atoms with van der Waals surface area (Å²) in [5.74, 6) is 0.791. The Morgan fingerprint density at radius 3 is 2.58 bits per heavy atom. The lowest BCUT2D eigenvalue weighted by Crippen LogP contribution is -2.42. The third kappa shape index (κ3) is 4.32. The minimum Gasteiger partial charge on any atom is -0.391 e. The van der Waals surface area contributed by atoms with E-state index >= 15 is 0 Å². The molecule has 1 aromatic carbocycles. The first-order valence-corrected chi connectivity index (χ1v) is 9.24. The lowest BCUT2D eigenvalue weighted by Gasteiger charge is -2.36. The summed E-state index contributed by atoms with van der Waals surface area (Å²) in [7, 11) is 0. The molecular formula is C18H22FN3OS. The van der Waals surface area contributed by atoms with E-state index in [2.05, 4.69) is 21.8 Å². The number of benzene rings is 1. The summed E-state index contributed by atoms with van der Waals surface area (Å²) >= 11 is 1.63. The number of aromatic nitrogens is 2. The highest BCUT2D eigenvalue weighted by Crippen LogP contribution is 2.29. The standard InChI is InChI=1S/C18H22FN3OS/c1-2-24-18-20-9-13(10-21-18)11-22-8-7-16(17(23)12-22)14-3-5-15(19)6-4-14/h3-6,9-10,16-17,23H,2,7-8,11-12H2,1H3/t16-,17+/m1/s1. The molecule has 1 aromatic heterocycles. The molecule has 128 valence electrons. The molecule has 3 rings (SSSR count). The van der Waals surface area contributed by atoms with Crippen LogP contribution >= 0.6 is 11.8 Å². The van der Waals surface area contributed by atoms with Crippen molar-refractivity contribution in [1.29, 1.82) is 0 Å². The zero-order chi connectivity index (χ0) is 16.9. The van der Waals surface area contributed by atoms with Gasteiger partial charge in [0, 0.05) is 37.0 Å². The first-order valence-electron chi connectivity index (χ1n) is 8.25. The Hall–Kier alpha value is -1.50. The van der Waals surface area contributed by atoms with E-state index in [9.17, 15) is 9.50 Å². The maximum Gasteiger partial charge on any atom is 0.187 e. The highest BCUT2D eigenvalue weighted by atomic mass is 32.2. The second-order valence-electron chi connectivity index (χ2n) is 6.06. The summed E-state index contributed by atoms with van der Waals surface area (Å²) in [6.07, 6.45) is 4.14. The van der Waals surface area contributed by atoms with E-state index in [1.54, 1.807) is 23.9 Å². The Bertz CT molecular complexity index is 650. The zero-order valence-electron chi connectivity index (χ0n) is 13.7. The van der Waals surface area contributed by atoms with E-state index in [0.29, 0.717) is 6.54 Å². The fraction of sp³-hybridized carbons (Fsp3) is 0.444. The predicted molar refractivity (Wildman–Crippen MR) is 93.5 cm³/mol. The number of hydrogen-bond donors (Lipinski definition) is 1. The lowest BCUT2D eigenvalue weighted by molar-refractivity contribution is 0.0475. The molecule has 0 bridgehead atoms. The number of β-amino-alcohol motifs (C(OH)–C–C–N with tert-alkyl or cyclic N) is 1. The van der Waals surface area contributed by atoms with E-state index in [-0.39, 0.29) is 11.7 Å². The Labute approximate surface area is 146 Å². The fourth-order valence-electron chi connectivity index (χ4n) is 3.13. The molecule has 0 amide bonds. The molecular weight excluding hydrogens is 325 g/mol. The van der Waals surface area contributed by atoms with Gasteiger partial charge in [-0.15, -0.1) is 0 Å². The van der Waals surface area contributed by atoms with Crippen LogP contribution < -0.4 is 0 Å². The maximum absolute atomic E-state index is 13.0. The Morgan fingerprint density at radius 1 is 1.25 bits per heavy atom. The number of aliphatic hydroxyl groups excluding tert-OH is 1.